The lowest BCUT2D eigenvalue weighted by Crippen LogP contribution is -2.17. The standard InChI is InChI=1S/C21H32O4/c1-16(2)12-8-6-4-5-7-9-13-17(3)25-21(24)19-15-11-10-14-18(19)20(22)23/h10-11,14-17H,4-9,12-13H2,1-3H3,(H,22,23). The molecule has 1 aromatic rings. The van der Waals surface area contributed by atoms with Crippen LogP contribution < -0.4 is 0 Å². The molecule has 4 heteroatoms. The van der Waals surface area contributed by atoms with Crippen LogP contribution in [0.2, 0.25) is 0 Å². The highest BCUT2D eigenvalue weighted by atomic mass is 16.5. The summed E-state index contributed by atoms with van der Waals surface area (Å²) in [5.74, 6) is -0.876. The first kappa shape index (κ1) is 21.2. The number of benzene rings is 1. The first-order chi connectivity index (χ1) is 11.9. The van der Waals surface area contributed by atoms with E-state index in [0.29, 0.717) is 0 Å². The van der Waals surface area contributed by atoms with E-state index in [2.05, 4.69) is 13.8 Å². The minimum Gasteiger partial charge on any atom is -0.478 e. The van der Waals surface area contributed by atoms with Gasteiger partial charge in [0.1, 0.15) is 0 Å². The topological polar surface area (TPSA) is 63.6 Å². The summed E-state index contributed by atoms with van der Waals surface area (Å²) in [6.45, 7) is 6.39. The van der Waals surface area contributed by atoms with Gasteiger partial charge in [0.2, 0.25) is 0 Å². The number of hydrogen-bond acceptors (Lipinski definition) is 3. The Morgan fingerprint density at radius 3 is 1.96 bits per heavy atom. The monoisotopic (exact) mass is 348 g/mol. The highest BCUT2D eigenvalue weighted by molar-refractivity contribution is 6.02. The summed E-state index contributed by atoms with van der Waals surface area (Å²) < 4.78 is 5.40. The van der Waals surface area contributed by atoms with Gasteiger partial charge in [-0.2, -0.15) is 0 Å². The van der Waals surface area contributed by atoms with Crippen molar-refractivity contribution in [3.8, 4) is 0 Å². The maximum Gasteiger partial charge on any atom is 0.339 e. The predicted octanol–water partition coefficient (Wildman–Crippen LogP) is 5.71. The minimum absolute atomic E-state index is 0.0129. The molecule has 0 fully saturated rings. The second-order valence-electron chi connectivity index (χ2n) is 7.16. The van der Waals surface area contributed by atoms with Crippen LogP contribution in [0.1, 0.15) is 92.9 Å². The second-order valence-corrected chi connectivity index (χ2v) is 7.16. The zero-order valence-corrected chi connectivity index (χ0v) is 15.8. The normalized spacial score (nSPS) is 12.2. The van der Waals surface area contributed by atoms with Crippen molar-refractivity contribution >= 4 is 11.9 Å². The average Bonchev–Trinajstić information content (AvgIpc) is 2.56. The van der Waals surface area contributed by atoms with Gasteiger partial charge in [0.05, 0.1) is 17.2 Å². The molecule has 1 atom stereocenters. The molecule has 0 aromatic heterocycles. The number of unbranched alkanes of at least 4 members (excludes halogenated alkanes) is 5. The number of ether oxygens (including phenoxy) is 1. The molecule has 1 rings (SSSR count). The Morgan fingerprint density at radius 2 is 1.40 bits per heavy atom. The van der Waals surface area contributed by atoms with E-state index in [1.807, 2.05) is 6.92 Å². The molecule has 25 heavy (non-hydrogen) atoms. The molecule has 0 heterocycles. The molecule has 4 nitrogen and oxygen atoms in total. The molecular weight excluding hydrogens is 316 g/mol. The quantitative estimate of drug-likeness (QED) is 0.388. The lowest BCUT2D eigenvalue weighted by Gasteiger charge is -2.14. The summed E-state index contributed by atoms with van der Waals surface area (Å²) in [5.41, 5.74) is 0.105. The number of esters is 1. The molecule has 140 valence electrons. The van der Waals surface area contributed by atoms with E-state index >= 15 is 0 Å². The van der Waals surface area contributed by atoms with Gasteiger partial charge < -0.3 is 9.84 Å². The number of hydrogen-bond donors (Lipinski definition) is 1. The van der Waals surface area contributed by atoms with Crippen LogP contribution in [0.3, 0.4) is 0 Å². The van der Waals surface area contributed by atoms with Crippen molar-refractivity contribution < 1.29 is 19.4 Å². The minimum atomic E-state index is -1.11. The summed E-state index contributed by atoms with van der Waals surface area (Å²) in [5, 5.41) is 9.13. The SMILES string of the molecule is CC(C)CCCCCCCCC(C)OC(=O)c1ccccc1C(=O)O. The van der Waals surface area contributed by atoms with E-state index in [4.69, 9.17) is 9.84 Å². The molecule has 0 radical (unpaired) electrons. The third-order valence-corrected chi connectivity index (χ3v) is 4.33. The van der Waals surface area contributed by atoms with Crippen LogP contribution in [-0.4, -0.2) is 23.1 Å². The smallest absolute Gasteiger partial charge is 0.339 e. The largest absolute Gasteiger partial charge is 0.478 e. The van der Waals surface area contributed by atoms with Gasteiger partial charge in [-0.3, -0.25) is 0 Å². The second kappa shape index (κ2) is 11.7. The Morgan fingerprint density at radius 1 is 0.880 bits per heavy atom. The number of carbonyl (C=O) groups excluding carboxylic acids is 1. The fourth-order valence-corrected chi connectivity index (χ4v) is 2.84. The van der Waals surface area contributed by atoms with Crippen LogP contribution in [0, 0.1) is 5.92 Å². The summed E-state index contributed by atoms with van der Waals surface area (Å²) in [6, 6.07) is 6.16. The first-order valence-electron chi connectivity index (χ1n) is 9.45. The van der Waals surface area contributed by atoms with E-state index < -0.39 is 11.9 Å². The van der Waals surface area contributed by atoms with E-state index in [1.54, 1.807) is 12.1 Å². The van der Waals surface area contributed by atoms with Gasteiger partial charge in [-0.15, -0.1) is 0 Å². The van der Waals surface area contributed by atoms with Gasteiger partial charge in [0, 0.05) is 0 Å². The Kier molecular flexibility index (Phi) is 9.90. The van der Waals surface area contributed by atoms with Gasteiger partial charge in [0.15, 0.2) is 0 Å². The number of carboxylic acids is 1. The van der Waals surface area contributed by atoms with E-state index in [9.17, 15) is 9.59 Å². The summed E-state index contributed by atoms with van der Waals surface area (Å²) in [7, 11) is 0. The highest BCUT2D eigenvalue weighted by Crippen LogP contribution is 2.15. The van der Waals surface area contributed by atoms with Crippen molar-refractivity contribution in [2.75, 3.05) is 0 Å². The number of carboxylic acid groups (broad SMARTS) is 1. The molecule has 0 spiro atoms. The molecule has 0 saturated heterocycles. The molecule has 0 bridgehead atoms. The number of rotatable bonds is 12. The maximum absolute atomic E-state index is 12.2. The van der Waals surface area contributed by atoms with Crippen molar-refractivity contribution in [1.82, 2.24) is 0 Å². The van der Waals surface area contributed by atoms with Crippen molar-refractivity contribution in [3.05, 3.63) is 35.4 Å². The molecular formula is C21H32O4. The third kappa shape index (κ3) is 8.71. The number of carbonyl (C=O) groups is 2. The Bertz CT molecular complexity index is 536. The molecule has 0 aliphatic carbocycles. The van der Waals surface area contributed by atoms with Crippen LogP contribution >= 0.6 is 0 Å². The Hall–Kier alpha value is -1.84. The molecule has 1 unspecified atom stereocenters. The lowest BCUT2D eigenvalue weighted by molar-refractivity contribution is 0.0313. The van der Waals surface area contributed by atoms with Crippen molar-refractivity contribution in [1.29, 1.82) is 0 Å². The van der Waals surface area contributed by atoms with Crippen molar-refractivity contribution in [2.24, 2.45) is 5.92 Å². The van der Waals surface area contributed by atoms with E-state index in [-0.39, 0.29) is 17.2 Å². The van der Waals surface area contributed by atoms with Crippen molar-refractivity contribution in [3.63, 3.8) is 0 Å². The first-order valence-corrected chi connectivity index (χ1v) is 9.45. The van der Waals surface area contributed by atoms with Crippen LogP contribution in [-0.2, 0) is 4.74 Å². The van der Waals surface area contributed by atoms with E-state index in [1.165, 1.54) is 44.2 Å². The van der Waals surface area contributed by atoms with Gasteiger partial charge in [-0.25, -0.2) is 9.59 Å². The summed E-state index contributed by atoms with van der Waals surface area (Å²) >= 11 is 0. The average molecular weight is 348 g/mol. The zero-order chi connectivity index (χ0) is 18.7. The van der Waals surface area contributed by atoms with Gasteiger partial charge in [-0.05, 0) is 37.8 Å². The maximum atomic E-state index is 12.2. The summed E-state index contributed by atoms with van der Waals surface area (Å²) in [6.07, 6.45) is 9.21. The zero-order valence-electron chi connectivity index (χ0n) is 15.8. The third-order valence-electron chi connectivity index (χ3n) is 4.33. The molecule has 0 aliphatic rings. The molecule has 1 aromatic carbocycles. The summed E-state index contributed by atoms with van der Waals surface area (Å²) in [4.78, 5) is 23.3. The van der Waals surface area contributed by atoms with Crippen LogP contribution in [0.4, 0.5) is 0 Å². The van der Waals surface area contributed by atoms with Crippen molar-refractivity contribution in [2.45, 2.75) is 78.2 Å². The molecule has 0 saturated carbocycles. The van der Waals surface area contributed by atoms with Crippen LogP contribution in [0.25, 0.3) is 0 Å². The molecule has 0 amide bonds. The highest BCUT2D eigenvalue weighted by Gasteiger charge is 2.18. The predicted molar refractivity (Wildman–Crippen MR) is 100 cm³/mol. The fraction of sp³-hybridized carbons (Fsp3) is 0.619. The van der Waals surface area contributed by atoms with Gasteiger partial charge in [-0.1, -0.05) is 64.5 Å². The van der Waals surface area contributed by atoms with E-state index in [0.717, 1.165) is 25.2 Å². The van der Waals surface area contributed by atoms with Crippen LogP contribution in [0.5, 0.6) is 0 Å². The Labute approximate surface area is 151 Å². The lowest BCUT2D eigenvalue weighted by atomic mass is 10.0. The van der Waals surface area contributed by atoms with Gasteiger partial charge >= 0.3 is 11.9 Å². The Balaban J connectivity index is 2.23. The van der Waals surface area contributed by atoms with Gasteiger partial charge in [0.25, 0.3) is 0 Å². The molecule has 1 N–H and O–H groups in total. The number of aromatic carboxylic acids is 1. The molecule has 0 aliphatic heterocycles. The fourth-order valence-electron chi connectivity index (χ4n) is 2.84. The van der Waals surface area contributed by atoms with Crippen LogP contribution in [0.15, 0.2) is 24.3 Å².